The first kappa shape index (κ1) is 11.1. The van der Waals surface area contributed by atoms with Crippen molar-refractivity contribution in [3.63, 3.8) is 0 Å². The van der Waals surface area contributed by atoms with E-state index in [2.05, 4.69) is 34.6 Å². The molecule has 1 aliphatic carbocycles. The van der Waals surface area contributed by atoms with Crippen LogP contribution in [0.25, 0.3) is 0 Å². The SMILES string of the molecule is CC1(C)CCCC1Nc1cncc(NN)n1. The van der Waals surface area contributed by atoms with Gasteiger partial charge in [0, 0.05) is 6.04 Å². The first-order valence-electron chi connectivity index (χ1n) is 5.67. The lowest BCUT2D eigenvalue weighted by Crippen LogP contribution is -2.31. The third-order valence-electron chi connectivity index (χ3n) is 3.36. The third kappa shape index (κ3) is 2.24. The van der Waals surface area contributed by atoms with E-state index in [0.717, 1.165) is 5.82 Å². The van der Waals surface area contributed by atoms with Gasteiger partial charge in [-0.3, -0.25) is 4.98 Å². The molecule has 1 aliphatic rings. The summed E-state index contributed by atoms with van der Waals surface area (Å²) in [6.07, 6.45) is 7.05. The van der Waals surface area contributed by atoms with Crippen molar-refractivity contribution in [2.45, 2.75) is 39.2 Å². The average Bonchev–Trinajstić information content (AvgIpc) is 2.59. The lowest BCUT2D eigenvalue weighted by Gasteiger charge is -2.28. The van der Waals surface area contributed by atoms with Crippen LogP contribution in [0.3, 0.4) is 0 Å². The van der Waals surface area contributed by atoms with E-state index < -0.39 is 0 Å². The Morgan fingerprint density at radius 1 is 1.38 bits per heavy atom. The van der Waals surface area contributed by atoms with Gasteiger partial charge >= 0.3 is 0 Å². The highest BCUT2D eigenvalue weighted by Gasteiger charge is 2.34. The first-order chi connectivity index (χ1) is 7.62. The van der Waals surface area contributed by atoms with Gasteiger partial charge in [0.05, 0.1) is 12.4 Å². The van der Waals surface area contributed by atoms with Crippen molar-refractivity contribution < 1.29 is 0 Å². The molecular formula is C11H19N5. The van der Waals surface area contributed by atoms with E-state index in [-0.39, 0.29) is 0 Å². The minimum absolute atomic E-state index is 0.327. The van der Waals surface area contributed by atoms with Gasteiger partial charge in [0.25, 0.3) is 0 Å². The predicted octanol–water partition coefficient (Wildman–Crippen LogP) is 1.75. The molecule has 1 unspecified atom stereocenters. The molecule has 2 rings (SSSR count). The van der Waals surface area contributed by atoms with Gasteiger partial charge in [-0.05, 0) is 18.3 Å². The van der Waals surface area contributed by atoms with E-state index in [9.17, 15) is 0 Å². The van der Waals surface area contributed by atoms with E-state index in [1.54, 1.807) is 12.4 Å². The number of nitrogens with two attached hydrogens (primary N) is 1. The highest BCUT2D eigenvalue weighted by Crippen LogP contribution is 2.38. The van der Waals surface area contributed by atoms with Crippen molar-refractivity contribution in [3.05, 3.63) is 12.4 Å². The Kier molecular flexibility index (Phi) is 2.96. The quantitative estimate of drug-likeness (QED) is 0.535. The van der Waals surface area contributed by atoms with Gasteiger partial charge in [0.2, 0.25) is 0 Å². The second-order valence-corrected chi connectivity index (χ2v) is 5.01. The molecule has 1 fully saturated rings. The molecule has 1 aromatic heterocycles. The molecule has 0 aromatic carbocycles. The van der Waals surface area contributed by atoms with E-state index in [0.29, 0.717) is 17.3 Å². The summed E-state index contributed by atoms with van der Waals surface area (Å²) in [5.41, 5.74) is 2.83. The largest absolute Gasteiger partial charge is 0.365 e. The Labute approximate surface area is 95.8 Å². The Morgan fingerprint density at radius 3 is 2.75 bits per heavy atom. The smallest absolute Gasteiger partial charge is 0.160 e. The monoisotopic (exact) mass is 221 g/mol. The first-order valence-corrected chi connectivity index (χ1v) is 5.67. The van der Waals surface area contributed by atoms with Crippen LogP contribution in [0.1, 0.15) is 33.1 Å². The molecular weight excluding hydrogens is 202 g/mol. The summed E-state index contributed by atoms with van der Waals surface area (Å²) in [4.78, 5) is 8.39. The highest BCUT2D eigenvalue weighted by atomic mass is 15.3. The van der Waals surface area contributed by atoms with Gasteiger partial charge in [0.15, 0.2) is 5.82 Å². The molecule has 88 valence electrons. The summed E-state index contributed by atoms with van der Waals surface area (Å²) in [5, 5.41) is 3.44. The zero-order valence-corrected chi connectivity index (χ0v) is 9.83. The second kappa shape index (κ2) is 4.25. The number of aromatic nitrogens is 2. The normalized spacial score (nSPS) is 23.1. The molecule has 0 saturated heterocycles. The lowest BCUT2D eigenvalue weighted by molar-refractivity contribution is 0.349. The molecule has 0 radical (unpaired) electrons. The molecule has 0 bridgehead atoms. The van der Waals surface area contributed by atoms with Crippen LogP contribution < -0.4 is 16.6 Å². The minimum atomic E-state index is 0.327. The molecule has 1 heterocycles. The Morgan fingerprint density at radius 2 is 2.12 bits per heavy atom. The van der Waals surface area contributed by atoms with Gasteiger partial charge in [-0.15, -0.1) is 0 Å². The molecule has 0 spiro atoms. The van der Waals surface area contributed by atoms with Crippen LogP contribution in [0.15, 0.2) is 12.4 Å². The number of hydrazine groups is 1. The van der Waals surface area contributed by atoms with E-state index in [1.165, 1.54) is 19.3 Å². The predicted molar refractivity (Wildman–Crippen MR) is 64.9 cm³/mol. The minimum Gasteiger partial charge on any atom is -0.365 e. The standard InChI is InChI=1S/C11H19N5/c1-11(2)5-3-4-8(11)14-9-6-13-7-10(15-9)16-12/h6-8H,3-5,12H2,1-2H3,(H2,14,15,16). The maximum absolute atomic E-state index is 5.30. The zero-order valence-electron chi connectivity index (χ0n) is 9.83. The Hall–Kier alpha value is -1.36. The molecule has 16 heavy (non-hydrogen) atoms. The Bertz CT molecular complexity index is 363. The third-order valence-corrected chi connectivity index (χ3v) is 3.36. The van der Waals surface area contributed by atoms with Gasteiger partial charge < -0.3 is 10.7 Å². The number of hydrogen-bond acceptors (Lipinski definition) is 5. The molecule has 0 aliphatic heterocycles. The number of nitrogens with zero attached hydrogens (tertiary/aromatic N) is 2. The number of rotatable bonds is 3. The molecule has 5 nitrogen and oxygen atoms in total. The fourth-order valence-electron chi connectivity index (χ4n) is 2.28. The van der Waals surface area contributed by atoms with Crippen LogP contribution in [-0.4, -0.2) is 16.0 Å². The van der Waals surface area contributed by atoms with E-state index >= 15 is 0 Å². The average molecular weight is 221 g/mol. The topological polar surface area (TPSA) is 75.9 Å². The summed E-state index contributed by atoms with van der Waals surface area (Å²) < 4.78 is 0. The molecule has 1 saturated carbocycles. The van der Waals surface area contributed by atoms with Crippen molar-refractivity contribution in [2.75, 3.05) is 10.7 Å². The van der Waals surface area contributed by atoms with Crippen molar-refractivity contribution in [1.82, 2.24) is 9.97 Å². The highest BCUT2D eigenvalue weighted by molar-refractivity contribution is 5.41. The lowest BCUT2D eigenvalue weighted by atomic mass is 9.87. The van der Waals surface area contributed by atoms with Crippen molar-refractivity contribution in [3.8, 4) is 0 Å². The van der Waals surface area contributed by atoms with Gasteiger partial charge in [0.1, 0.15) is 5.82 Å². The fourth-order valence-corrected chi connectivity index (χ4v) is 2.28. The summed E-state index contributed by atoms with van der Waals surface area (Å²) in [5.74, 6) is 6.67. The van der Waals surface area contributed by atoms with Gasteiger partial charge in [-0.1, -0.05) is 20.3 Å². The summed E-state index contributed by atoms with van der Waals surface area (Å²) in [6, 6.07) is 0.467. The van der Waals surface area contributed by atoms with Crippen LogP contribution in [0.2, 0.25) is 0 Å². The van der Waals surface area contributed by atoms with Crippen LogP contribution in [0.4, 0.5) is 11.6 Å². The maximum atomic E-state index is 5.30. The zero-order chi connectivity index (χ0) is 11.6. The number of nitrogens with one attached hydrogen (secondary N) is 2. The number of hydrogen-bond donors (Lipinski definition) is 3. The van der Waals surface area contributed by atoms with Crippen molar-refractivity contribution in [2.24, 2.45) is 11.3 Å². The van der Waals surface area contributed by atoms with Crippen LogP contribution in [-0.2, 0) is 0 Å². The summed E-state index contributed by atoms with van der Waals surface area (Å²) in [7, 11) is 0. The number of nitrogen functional groups attached to an aromatic ring is 1. The molecule has 5 heteroatoms. The van der Waals surface area contributed by atoms with Crippen molar-refractivity contribution in [1.29, 1.82) is 0 Å². The molecule has 4 N–H and O–H groups in total. The molecule has 0 amide bonds. The second-order valence-electron chi connectivity index (χ2n) is 5.01. The van der Waals surface area contributed by atoms with E-state index in [4.69, 9.17) is 5.84 Å². The van der Waals surface area contributed by atoms with E-state index in [1.807, 2.05) is 0 Å². The van der Waals surface area contributed by atoms with Crippen LogP contribution in [0, 0.1) is 5.41 Å². The van der Waals surface area contributed by atoms with Crippen LogP contribution >= 0.6 is 0 Å². The van der Waals surface area contributed by atoms with Gasteiger partial charge in [-0.2, -0.15) is 0 Å². The fraction of sp³-hybridized carbons (Fsp3) is 0.636. The maximum Gasteiger partial charge on any atom is 0.160 e. The molecule has 1 aromatic rings. The Balaban J connectivity index is 2.08. The van der Waals surface area contributed by atoms with Gasteiger partial charge in [-0.25, -0.2) is 10.8 Å². The summed E-state index contributed by atoms with van der Waals surface area (Å²) >= 11 is 0. The van der Waals surface area contributed by atoms with Crippen LogP contribution in [0.5, 0.6) is 0 Å². The summed E-state index contributed by atoms with van der Waals surface area (Å²) in [6.45, 7) is 4.58. The number of anilines is 2. The molecule has 1 atom stereocenters. The van der Waals surface area contributed by atoms with Crippen molar-refractivity contribution >= 4 is 11.6 Å².